The molecule has 0 bridgehead atoms. The third-order valence-corrected chi connectivity index (χ3v) is 9.38. The first kappa shape index (κ1) is 24.7. The Labute approximate surface area is 240 Å². The summed E-state index contributed by atoms with van der Waals surface area (Å²) in [5, 5.41) is 7.04. The summed E-state index contributed by atoms with van der Waals surface area (Å²) in [6.07, 6.45) is 0. The molecule has 2 aliphatic rings. The van der Waals surface area contributed by atoms with Crippen LogP contribution in [0.25, 0.3) is 54.6 Å². The first-order valence-corrected chi connectivity index (χ1v) is 14.4. The lowest BCUT2D eigenvalue weighted by atomic mass is 9.71. The van der Waals surface area contributed by atoms with Crippen molar-refractivity contribution < 1.29 is 14.0 Å². The molecule has 41 heavy (non-hydrogen) atoms. The Hall–Kier alpha value is -4.12. The number of ether oxygens (including phenoxy) is 1. The maximum Gasteiger partial charge on any atom is 0.496 e. The molecule has 8 rings (SSSR count). The van der Waals surface area contributed by atoms with E-state index in [-0.39, 0.29) is 0 Å². The Morgan fingerprint density at radius 3 is 2.00 bits per heavy atom. The SMILES string of the molecule is Cc1ccc2c(B3OC(C)(C)C(C)(C)O3)c3ccccc3c(-c3ccc4c5c(cccc35)-c3ccccc3O4)c2c1. The molecule has 0 aliphatic carbocycles. The van der Waals surface area contributed by atoms with E-state index in [1.54, 1.807) is 0 Å². The molecule has 200 valence electrons. The highest BCUT2D eigenvalue weighted by Crippen LogP contribution is 2.50. The van der Waals surface area contributed by atoms with E-state index in [4.69, 9.17) is 14.0 Å². The van der Waals surface area contributed by atoms with E-state index < -0.39 is 18.3 Å². The molecule has 6 aromatic rings. The van der Waals surface area contributed by atoms with Crippen LogP contribution in [0, 0.1) is 6.92 Å². The Morgan fingerprint density at radius 1 is 0.537 bits per heavy atom. The quantitative estimate of drug-likeness (QED) is 0.164. The van der Waals surface area contributed by atoms with Gasteiger partial charge in [-0.3, -0.25) is 0 Å². The van der Waals surface area contributed by atoms with E-state index in [1.165, 1.54) is 38.4 Å². The highest BCUT2D eigenvalue weighted by atomic mass is 16.7. The van der Waals surface area contributed by atoms with Crippen LogP contribution in [0.15, 0.2) is 97.1 Å². The number of aryl methyl sites for hydroxylation is 1. The van der Waals surface area contributed by atoms with Crippen molar-refractivity contribution in [3.63, 3.8) is 0 Å². The minimum atomic E-state index is -0.467. The fourth-order valence-corrected chi connectivity index (χ4v) is 6.63. The molecule has 0 atom stereocenters. The van der Waals surface area contributed by atoms with E-state index in [1.807, 2.05) is 12.1 Å². The van der Waals surface area contributed by atoms with Crippen molar-refractivity contribution in [2.45, 2.75) is 45.8 Å². The summed E-state index contributed by atoms with van der Waals surface area (Å²) in [6.45, 7) is 10.6. The van der Waals surface area contributed by atoms with Crippen LogP contribution in [-0.2, 0) is 9.31 Å². The van der Waals surface area contributed by atoms with Gasteiger partial charge in [-0.25, -0.2) is 0 Å². The van der Waals surface area contributed by atoms with Crippen molar-refractivity contribution in [3.8, 4) is 33.8 Å². The summed E-state index contributed by atoms with van der Waals surface area (Å²) < 4.78 is 19.7. The van der Waals surface area contributed by atoms with Gasteiger partial charge in [0.2, 0.25) is 0 Å². The summed E-state index contributed by atoms with van der Waals surface area (Å²) >= 11 is 0. The molecule has 4 heteroatoms. The van der Waals surface area contributed by atoms with Gasteiger partial charge in [0.1, 0.15) is 11.5 Å². The van der Waals surface area contributed by atoms with Crippen molar-refractivity contribution in [3.05, 3.63) is 103 Å². The minimum Gasteiger partial charge on any atom is -0.456 e. The molecule has 1 saturated heterocycles. The minimum absolute atomic E-state index is 0.430. The molecule has 0 radical (unpaired) electrons. The molecule has 1 fully saturated rings. The Bertz CT molecular complexity index is 2040. The summed E-state index contributed by atoms with van der Waals surface area (Å²) in [7, 11) is -0.467. The van der Waals surface area contributed by atoms with Crippen LogP contribution in [0.3, 0.4) is 0 Å². The number of rotatable bonds is 2. The molecule has 2 heterocycles. The topological polar surface area (TPSA) is 27.7 Å². The predicted molar refractivity (Wildman–Crippen MR) is 170 cm³/mol. The highest BCUT2D eigenvalue weighted by Gasteiger charge is 2.52. The lowest BCUT2D eigenvalue weighted by Crippen LogP contribution is -2.41. The smallest absolute Gasteiger partial charge is 0.456 e. The average molecular weight is 534 g/mol. The molecule has 0 saturated carbocycles. The van der Waals surface area contributed by atoms with Crippen LogP contribution >= 0.6 is 0 Å². The number of benzene rings is 6. The zero-order valence-corrected chi connectivity index (χ0v) is 24.0. The van der Waals surface area contributed by atoms with Gasteiger partial charge in [-0.05, 0) is 102 Å². The predicted octanol–water partition coefficient (Wildman–Crippen LogP) is 9.19. The molecule has 2 aliphatic heterocycles. The second kappa shape index (κ2) is 8.45. The average Bonchev–Trinajstić information content (AvgIpc) is 3.18. The lowest BCUT2D eigenvalue weighted by molar-refractivity contribution is 0.00578. The van der Waals surface area contributed by atoms with Crippen LogP contribution in [-0.4, -0.2) is 18.3 Å². The second-order valence-electron chi connectivity index (χ2n) is 12.4. The molecule has 0 unspecified atom stereocenters. The van der Waals surface area contributed by atoms with Gasteiger partial charge in [-0.1, -0.05) is 84.4 Å². The summed E-state index contributed by atoms with van der Waals surface area (Å²) in [5.74, 6) is 1.80. The van der Waals surface area contributed by atoms with Gasteiger partial charge in [-0.15, -0.1) is 0 Å². The molecule has 0 amide bonds. The number of para-hydroxylation sites is 1. The molecule has 3 nitrogen and oxygen atoms in total. The van der Waals surface area contributed by atoms with Crippen molar-refractivity contribution >= 4 is 44.9 Å². The first-order chi connectivity index (χ1) is 19.7. The van der Waals surface area contributed by atoms with Crippen LogP contribution in [0.4, 0.5) is 0 Å². The van der Waals surface area contributed by atoms with Crippen LogP contribution in [0.5, 0.6) is 11.5 Å². The summed E-state index contributed by atoms with van der Waals surface area (Å²) in [6, 6.07) is 34.7. The Morgan fingerprint density at radius 2 is 1.20 bits per heavy atom. The zero-order chi connectivity index (χ0) is 28.1. The molecule has 6 aromatic carbocycles. The van der Waals surface area contributed by atoms with Gasteiger partial charge in [0.15, 0.2) is 0 Å². The number of hydrogen-bond donors (Lipinski definition) is 0. The third kappa shape index (κ3) is 3.48. The Kier molecular flexibility index (Phi) is 5.08. The first-order valence-electron chi connectivity index (χ1n) is 14.4. The fraction of sp³-hybridized carbons (Fsp3) is 0.189. The fourth-order valence-electron chi connectivity index (χ4n) is 6.63. The van der Waals surface area contributed by atoms with Gasteiger partial charge in [0.05, 0.1) is 11.2 Å². The monoisotopic (exact) mass is 534 g/mol. The third-order valence-electron chi connectivity index (χ3n) is 9.38. The maximum atomic E-state index is 6.66. The van der Waals surface area contributed by atoms with E-state index in [0.29, 0.717) is 0 Å². The highest BCUT2D eigenvalue weighted by molar-refractivity contribution is 6.69. The Balaban J connectivity index is 1.47. The van der Waals surface area contributed by atoms with Gasteiger partial charge in [-0.2, -0.15) is 0 Å². The van der Waals surface area contributed by atoms with Crippen molar-refractivity contribution in [2.24, 2.45) is 0 Å². The van der Waals surface area contributed by atoms with Crippen molar-refractivity contribution in [1.82, 2.24) is 0 Å². The van der Waals surface area contributed by atoms with Gasteiger partial charge in [0, 0.05) is 10.9 Å². The van der Waals surface area contributed by atoms with Gasteiger partial charge < -0.3 is 14.0 Å². The summed E-state index contributed by atoms with van der Waals surface area (Å²) in [5.41, 5.74) is 6.21. The van der Waals surface area contributed by atoms with E-state index in [2.05, 4.69) is 120 Å². The number of hydrogen-bond acceptors (Lipinski definition) is 3. The van der Waals surface area contributed by atoms with Crippen molar-refractivity contribution in [2.75, 3.05) is 0 Å². The van der Waals surface area contributed by atoms with Crippen molar-refractivity contribution in [1.29, 1.82) is 0 Å². The maximum absolute atomic E-state index is 6.66. The van der Waals surface area contributed by atoms with Crippen LogP contribution in [0.1, 0.15) is 33.3 Å². The molecular weight excluding hydrogens is 503 g/mol. The van der Waals surface area contributed by atoms with Crippen LogP contribution < -0.4 is 10.2 Å². The summed E-state index contributed by atoms with van der Waals surface area (Å²) in [4.78, 5) is 0. The lowest BCUT2D eigenvalue weighted by Gasteiger charge is -2.32. The largest absolute Gasteiger partial charge is 0.496 e. The van der Waals surface area contributed by atoms with E-state index in [9.17, 15) is 0 Å². The molecule has 0 aromatic heterocycles. The second-order valence-corrected chi connectivity index (χ2v) is 12.4. The van der Waals surface area contributed by atoms with Gasteiger partial charge in [0.25, 0.3) is 0 Å². The van der Waals surface area contributed by atoms with Crippen LogP contribution in [0.2, 0.25) is 0 Å². The van der Waals surface area contributed by atoms with E-state index >= 15 is 0 Å². The molecule has 0 spiro atoms. The molecule has 0 N–H and O–H groups in total. The zero-order valence-electron chi connectivity index (χ0n) is 24.0. The normalized spacial score (nSPS) is 16.8. The van der Waals surface area contributed by atoms with E-state index in [0.717, 1.165) is 38.7 Å². The standard InChI is InChI=1S/C37H31BO3/c1-22-17-18-29-30(21-22)33(26-12-6-7-13-28(26)35(29)38-40-36(2,3)37(4,5)41-38)27-19-20-32-34-24(14-10-15-25(27)34)23-11-8-9-16-31(23)39-32/h6-21H,1-5H3. The number of fused-ring (bicyclic) bond motifs is 4. The van der Waals surface area contributed by atoms with Gasteiger partial charge >= 0.3 is 7.12 Å². The molecular formula is C37H31BO3.